The number of benzene rings is 1. The van der Waals surface area contributed by atoms with E-state index in [0.29, 0.717) is 0 Å². The van der Waals surface area contributed by atoms with Crippen molar-refractivity contribution in [2.75, 3.05) is 34.9 Å². The van der Waals surface area contributed by atoms with E-state index in [4.69, 9.17) is 5.73 Å². The van der Waals surface area contributed by atoms with E-state index in [0.717, 1.165) is 23.2 Å². The molecule has 1 heterocycles. The Kier molecular flexibility index (Phi) is 4.97. The summed E-state index contributed by atoms with van der Waals surface area (Å²) in [5.74, 6) is 3.83. The number of anilines is 2. The predicted molar refractivity (Wildman–Crippen MR) is 85.6 cm³/mol. The second-order valence-electron chi connectivity index (χ2n) is 3.68. The van der Waals surface area contributed by atoms with Gasteiger partial charge in [-0.15, -0.1) is 0 Å². The van der Waals surface area contributed by atoms with Gasteiger partial charge in [0.15, 0.2) is 0 Å². The zero-order chi connectivity index (χ0) is 11.4. The molecule has 0 radical (unpaired) electrons. The highest BCUT2D eigenvalue weighted by Gasteiger charge is 2.14. The number of thioether (sulfide) groups is 2. The summed E-state index contributed by atoms with van der Waals surface area (Å²) in [6.45, 7) is 1.02. The van der Waals surface area contributed by atoms with Crippen molar-refractivity contribution in [2.24, 2.45) is 0 Å². The molecular formula is C11H15IN2S2. The summed E-state index contributed by atoms with van der Waals surface area (Å²) < 4.78 is 1.18. The lowest BCUT2D eigenvalue weighted by Gasteiger charge is -2.22. The van der Waals surface area contributed by atoms with E-state index < -0.39 is 0 Å². The van der Waals surface area contributed by atoms with Crippen LogP contribution in [0, 0.1) is 3.57 Å². The molecule has 1 aliphatic heterocycles. The van der Waals surface area contributed by atoms with Crippen molar-refractivity contribution in [3.05, 3.63) is 21.8 Å². The minimum absolute atomic E-state index is 0.720. The van der Waals surface area contributed by atoms with Gasteiger partial charge in [0.05, 0.1) is 11.4 Å². The molecule has 1 aromatic carbocycles. The van der Waals surface area contributed by atoms with Crippen molar-refractivity contribution in [1.29, 1.82) is 0 Å². The third-order valence-electron chi connectivity index (χ3n) is 2.42. The maximum absolute atomic E-state index is 5.96. The van der Waals surface area contributed by atoms with E-state index in [-0.39, 0.29) is 0 Å². The average molecular weight is 366 g/mol. The highest BCUT2D eigenvalue weighted by molar-refractivity contribution is 14.1. The van der Waals surface area contributed by atoms with Crippen molar-refractivity contribution in [1.82, 2.24) is 0 Å². The van der Waals surface area contributed by atoms with Gasteiger partial charge in [-0.3, -0.25) is 0 Å². The Bertz CT molecular complexity index is 354. The van der Waals surface area contributed by atoms with Crippen LogP contribution in [0.4, 0.5) is 11.4 Å². The number of nitrogens with one attached hydrogen (secondary N) is 1. The van der Waals surface area contributed by atoms with Crippen LogP contribution in [0.25, 0.3) is 0 Å². The molecule has 1 unspecified atom stereocenters. The van der Waals surface area contributed by atoms with Gasteiger partial charge < -0.3 is 11.1 Å². The summed E-state index contributed by atoms with van der Waals surface area (Å²) >= 11 is 6.40. The van der Waals surface area contributed by atoms with Crippen LogP contribution in [0.1, 0.15) is 0 Å². The molecule has 0 spiro atoms. The van der Waals surface area contributed by atoms with Crippen LogP contribution >= 0.6 is 46.1 Å². The molecular weight excluding hydrogens is 351 g/mol. The third-order valence-corrected chi connectivity index (χ3v) is 5.93. The predicted octanol–water partition coefficient (Wildman–Crippen LogP) is 3.13. The van der Waals surface area contributed by atoms with Crippen molar-refractivity contribution in [3.63, 3.8) is 0 Å². The van der Waals surface area contributed by atoms with Gasteiger partial charge in [0.2, 0.25) is 0 Å². The molecule has 1 saturated heterocycles. The Morgan fingerprint density at radius 2 is 2.31 bits per heavy atom. The molecule has 2 nitrogen and oxygen atoms in total. The van der Waals surface area contributed by atoms with E-state index in [1.807, 2.05) is 6.07 Å². The highest BCUT2D eigenvalue weighted by atomic mass is 127. The number of hydrogen-bond donors (Lipinski definition) is 2. The minimum atomic E-state index is 0.720. The number of nitrogens with two attached hydrogens (primary N) is 1. The summed E-state index contributed by atoms with van der Waals surface area (Å²) in [5, 5.41) is 4.17. The first-order valence-electron chi connectivity index (χ1n) is 5.24. The van der Waals surface area contributed by atoms with Gasteiger partial charge in [-0.05, 0) is 40.8 Å². The Labute approximate surface area is 119 Å². The fourth-order valence-corrected chi connectivity index (χ4v) is 4.70. The van der Waals surface area contributed by atoms with E-state index in [1.54, 1.807) is 0 Å². The smallest absolute Gasteiger partial charge is 0.0575 e. The van der Waals surface area contributed by atoms with Gasteiger partial charge in [-0.2, -0.15) is 23.5 Å². The van der Waals surface area contributed by atoms with Crippen LogP contribution < -0.4 is 11.1 Å². The SMILES string of the molecule is Nc1cc(I)ccc1NCC1CSCCS1. The summed E-state index contributed by atoms with van der Waals surface area (Å²) in [5.41, 5.74) is 7.87. The highest BCUT2D eigenvalue weighted by Crippen LogP contribution is 2.26. The van der Waals surface area contributed by atoms with Gasteiger partial charge in [-0.1, -0.05) is 0 Å². The van der Waals surface area contributed by atoms with Crippen LogP contribution in [-0.2, 0) is 0 Å². The summed E-state index contributed by atoms with van der Waals surface area (Å²) in [4.78, 5) is 0. The van der Waals surface area contributed by atoms with E-state index in [9.17, 15) is 0 Å². The summed E-state index contributed by atoms with van der Waals surface area (Å²) in [6.07, 6.45) is 0. The first-order valence-corrected chi connectivity index (χ1v) is 8.52. The quantitative estimate of drug-likeness (QED) is 0.637. The van der Waals surface area contributed by atoms with Crippen molar-refractivity contribution in [3.8, 4) is 0 Å². The summed E-state index contributed by atoms with van der Waals surface area (Å²) in [6, 6.07) is 6.16. The van der Waals surface area contributed by atoms with E-state index in [1.165, 1.54) is 20.8 Å². The lowest BCUT2D eigenvalue weighted by molar-refractivity contribution is 1.01. The molecule has 3 N–H and O–H groups in total. The standard InChI is InChI=1S/C11H15IN2S2/c12-8-1-2-11(10(13)5-8)14-6-9-7-15-3-4-16-9/h1-2,5,9,14H,3-4,6-7,13H2. The van der Waals surface area contributed by atoms with Crippen molar-refractivity contribution >= 4 is 57.5 Å². The molecule has 1 atom stereocenters. The molecule has 2 rings (SSSR count). The zero-order valence-corrected chi connectivity index (χ0v) is 12.7. The zero-order valence-electron chi connectivity index (χ0n) is 8.91. The Balaban J connectivity index is 1.88. The molecule has 88 valence electrons. The van der Waals surface area contributed by atoms with E-state index in [2.05, 4.69) is 63.6 Å². The van der Waals surface area contributed by atoms with Gasteiger partial charge >= 0.3 is 0 Å². The molecule has 0 aliphatic carbocycles. The minimum Gasteiger partial charge on any atom is -0.397 e. The number of halogens is 1. The molecule has 5 heteroatoms. The van der Waals surface area contributed by atoms with Crippen LogP contribution in [0.5, 0.6) is 0 Å². The Hall–Kier alpha value is 0.250. The van der Waals surface area contributed by atoms with E-state index >= 15 is 0 Å². The molecule has 1 fully saturated rings. The second-order valence-corrected chi connectivity index (χ2v) is 7.48. The fraction of sp³-hybridized carbons (Fsp3) is 0.455. The maximum atomic E-state index is 5.96. The Morgan fingerprint density at radius 1 is 1.44 bits per heavy atom. The number of rotatable bonds is 3. The molecule has 0 bridgehead atoms. The van der Waals surface area contributed by atoms with Crippen molar-refractivity contribution < 1.29 is 0 Å². The monoisotopic (exact) mass is 366 g/mol. The van der Waals surface area contributed by atoms with Crippen LogP contribution in [0.15, 0.2) is 18.2 Å². The molecule has 0 amide bonds. The van der Waals surface area contributed by atoms with Crippen LogP contribution in [0.3, 0.4) is 0 Å². The topological polar surface area (TPSA) is 38.0 Å². The van der Waals surface area contributed by atoms with Crippen LogP contribution in [-0.4, -0.2) is 29.1 Å². The first kappa shape index (κ1) is 12.7. The van der Waals surface area contributed by atoms with Crippen LogP contribution in [0.2, 0.25) is 0 Å². The maximum Gasteiger partial charge on any atom is 0.0575 e. The van der Waals surface area contributed by atoms with Gasteiger partial charge in [-0.25, -0.2) is 0 Å². The molecule has 0 saturated carbocycles. The summed E-state index contributed by atoms with van der Waals surface area (Å²) in [7, 11) is 0. The Morgan fingerprint density at radius 3 is 3.00 bits per heavy atom. The van der Waals surface area contributed by atoms with Crippen molar-refractivity contribution in [2.45, 2.75) is 5.25 Å². The fourth-order valence-electron chi connectivity index (χ4n) is 1.57. The lowest BCUT2D eigenvalue weighted by atomic mass is 10.2. The number of nitrogen functional groups attached to an aromatic ring is 1. The van der Waals surface area contributed by atoms with Gasteiger partial charge in [0, 0.05) is 32.6 Å². The molecule has 0 aromatic heterocycles. The molecule has 1 aromatic rings. The normalized spacial score (nSPS) is 20.7. The lowest BCUT2D eigenvalue weighted by Crippen LogP contribution is -2.23. The number of hydrogen-bond acceptors (Lipinski definition) is 4. The molecule has 1 aliphatic rings. The first-order chi connectivity index (χ1) is 7.75. The second kappa shape index (κ2) is 6.26. The average Bonchev–Trinajstić information content (AvgIpc) is 2.29. The third kappa shape index (κ3) is 3.63. The molecule has 16 heavy (non-hydrogen) atoms. The van der Waals surface area contributed by atoms with Gasteiger partial charge in [0.25, 0.3) is 0 Å². The van der Waals surface area contributed by atoms with Gasteiger partial charge in [0.1, 0.15) is 0 Å². The largest absolute Gasteiger partial charge is 0.397 e.